The SMILES string of the molecule is Cc1ccncc1CNCC(O)COc1ccc(Cl)cc1. The van der Waals surface area contributed by atoms with Gasteiger partial charge in [0, 0.05) is 30.5 Å². The Morgan fingerprint density at radius 2 is 2.05 bits per heavy atom. The second kappa shape index (κ2) is 7.98. The van der Waals surface area contributed by atoms with E-state index in [1.165, 1.54) is 5.56 Å². The van der Waals surface area contributed by atoms with Crippen LogP contribution in [0.3, 0.4) is 0 Å². The topological polar surface area (TPSA) is 54.4 Å². The highest BCUT2D eigenvalue weighted by atomic mass is 35.5. The Balaban J connectivity index is 1.69. The van der Waals surface area contributed by atoms with Gasteiger partial charge < -0.3 is 15.2 Å². The molecule has 0 bridgehead atoms. The standard InChI is InChI=1S/C16H19ClN2O2/c1-12-6-7-18-8-13(12)9-19-10-15(20)11-21-16-4-2-14(17)3-5-16/h2-8,15,19-20H,9-11H2,1H3. The molecule has 0 saturated heterocycles. The van der Waals surface area contributed by atoms with Crippen LogP contribution in [0.4, 0.5) is 0 Å². The summed E-state index contributed by atoms with van der Waals surface area (Å²) in [7, 11) is 0. The van der Waals surface area contributed by atoms with Crippen LogP contribution in [0.1, 0.15) is 11.1 Å². The Morgan fingerprint density at radius 1 is 1.29 bits per heavy atom. The number of aromatic nitrogens is 1. The van der Waals surface area contributed by atoms with Crippen molar-refractivity contribution in [2.75, 3.05) is 13.2 Å². The summed E-state index contributed by atoms with van der Waals surface area (Å²) in [4.78, 5) is 4.09. The quantitative estimate of drug-likeness (QED) is 0.825. The van der Waals surface area contributed by atoms with E-state index in [1.807, 2.05) is 19.2 Å². The normalized spacial score (nSPS) is 12.1. The molecular weight excluding hydrogens is 288 g/mol. The number of pyridine rings is 1. The Labute approximate surface area is 129 Å². The number of hydrogen-bond acceptors (Lipinski definition) is 4. The predicted octanol–water partition coefficient (Wildman–Crippen LogP) is 2.57. The molecule has 1 heterocycles. The summed E-state index contributed by atoms with van der Waals surface area (Å²) in [5, 5.41) is 13.7. The van der Waals surface area contributed by atoms with E-state index in [0.29, 0.717) is 23.9 Å². The van der Waals surface area contributed by atoms with E-state index in [9.17, 15) is 5.11 Å². The summed E-state index contributed by atoms with van der Waals surface area (Å²) in [6.07, 6.45) is 3.03. The molecule has 2 N–H and O–H groups in total. The second-order valence-electron chi connectivity index (χ2n) is 4.85. The van der Waals surface area contributed by atoms with Crippen molar-refractivity contribution in [1.82, 2.24) is 10.3 Å². The zero-order chi connectivity index (χ0) is 15.1. The average molecular weight is 307 g/mol. The van der Waals surface area contributed by atoms with Gasteiger partial charge in [-0.1, -0.05) is 11.6 Å². The summed E-state index contributed by atoms with van der Waals surface area (Å²) in [5.74, 6) is 0.696. The molecule has 0 aliphatic carbocycles. The van der Waals surface area contributed by atoms with Crippen LogP contribution < -0.4 is 10.1 Å². The van der Waals surface area contributed by atoms with Crippen molar-refractivity contribution in [2.24, 2.45) is 0 Å². The molecule has 0 spiro atoms. The van der Waals surface area contributed by atoms with Crippen LogP contribution >= 0.6 is 11.6 Å². The molecular formula is C16H19ClN2O2. The minimum atomic E-state index is -0.572. The van der Waals surface area contributed by atoms with E-state index in [-0.39, 0.29) is 6.61 Å². The number of aliphatic hydroxyl groups is 1. The first-order chi connectivity index (χ1) is 10.1. The van der Waals surface area contributed by atoms with Crippen molar-refractivity contribution in [2.45, 2.75) is 19.6 Å². The van der Waals surface area contributed by atoms with Crippen molar-refractivity contribution < 1.29 is 9.84 Å². The third-order valence-electron chi connectivity index (χ3n) is 3.10. The fraction of sp³-hybridized carbons (Fsp3) is 0.312. The lowest BCUT2D eigenvalue weighted by Gasteiger charge is -2.14. The molecule has 2 rings (SSSR count). The highest BCUT2D eigenvalue weighted by molar-refractivity contribution is 6.30. The lowest BCUT2D eigenvalue weighted by molar-refractivity contribution is 0.106. The third-order valence-corrected chi connectivity index (χ3v) is 3.35. The summed E-state index contributed by atoms with van der Waals surface area (Å²) in [6, 6.07) is 9.04. The lowest BCUT2D eigenvalue weighted by atomic mass is 10.1. The number of aryl methyl sites for hydroxylation is 1. The van der Waals surface area contributed by atoms with Crippen LogP contribution in [-0.2, 0) is 6.54 Å². The van der Waals surface area contributed by atoms with E-state index < -0.39 is 6.10 Å². The van der Waals surface area contributed by atoms with Crippen molar-refractivity contribution in [3.8, 4) is 5.75 Å². The van der Waals surface area contributed by atoms with Crippen LogP contribution in [0.15, 0.2) is 42.7 Å². The maximum Gasteiger partial charge on any atom is 0.119 e. The largest absolute Gasteiger partial charge is 0.491 e. The number of ether oxygens (including phenoxy) is 1. The molecule has 0 saturated carbocycles. The Morgan fingerprint density at radius 3 is 2.76 bits per heavy atom. The summed E-state index contributed by atoms with van der Waals surface area (Å²) < 4.78 is 5.49. The monoisotopic (exact) mass is 306 g/mol. The molecule has 0 amide bonds. The van der Waals surface area contributed by atoms with Crippen LogP contribution in [0.2, 0.25) is 5.02 Å². The average Bonchev–Trinajstić information content (AvgIpc) is 2.49. The fourth-order valence-corrected chi connectivity index (χ4v) is 1.96. The van der Waals surface area contributed by atoms with Crippen molar-refractivity contribution in [3.05, 3.63) is 58.9 Å². The first-order valence-corrected chi connectivity index (χ1v) is 7.19. The van der Waals surface area contributed by atoms with Gasteiger partial charge in [0.1, 0.15) is 18.5 Å². The predicted molar refractivity (Wildman–Crippen MR) is 83.6 cm³/mol. The third kappa shape index (κ3) is 5.34. The van der Waals surface area contributed by atoms with Crippen LogP contribution in [-0.4, -0.2) is 29.3 Å². The Hall–Kier alpha value is -1.62. The number of benzene rings is 1. The van der Waals surface area contributed by atoms with Gasteiger partial charge in [0.2, 0.25) is 0 Å². The maximum absolute atomic E-state index is 9.88. The maximum atomic E-state index is 9.88. The first kappa shape index (κ1) is 15.8. The minimum Gasteiger partial charge on any atom is -0.491 e. The number of halogens is 1. The molecule has 0 aliphatic heterocycles. The number of aliphatic hydroxyl groups excluding tert-OH is 1. The Bertz CT molecular complexity index is 560. The van der Waals surface area contributed by atoms with Gasteiger partial charge in [-0.05, 0) is 48.4 Å². The zero-order valence-corrected chi connectivity index (χ0v) is 12.7. The van der Waals surface area contributed by atoms with Crippen molar-refractivity contribution in [3.63, 3.8) is 0 Å². The van der Waals surface area contributed by atoms with Gasteiger partial charge in [0.25, 0.3) is 0 Å². The fourth-order valence-electron chi connectivity index (χ4n) is 1.84. The van der Waals surface area contributed by atoms with Crippen LogP contribution in [0.25, 0.3) is 0 Å². The van der Waals surface area contributed by atoms with Gasteiger partial charge in [-0.3, -0.25) is 4.98 Å². The summed E-state index contributed by atoms with van der Waals surface area (Å²) in [6.45, 7) is 3.42. The van der Waals surface area contributed by atoms with E-state index in [4.69, 9.17) is 16.3 Å². The molecule has 4 nitrogen and oxygen atoms in total. The number of nitrogens with zero attached hydrogens (tertiary/aromatic N) is 1. The van der Waals surface area contributed by atoms with Crippen LogP contribution in [0, 0.1) is 6.92 Å². The molecule has 1 aromatic heterocycles. The van der Waals surface area contributed by atoms with Gasteiger partial charge in [-0.25, -0.2) is 0 Å². The van der Waals surface area contributed by atoms with Gasteiger partial charge >= 0.3 is 0 Å². The Kier molecular flexibility index (Phi) is 5.99. The van der Waals surface area contributed by atoms with E-state index in [2.05, 4.69) is 10.3 Å². The second-order valence-corrected chi connectivity index (χ2v) is 5.29. The van der Waals surface area contributed by atoms with Gasteiger partial charge in [0.15, 0.2) is 0 Å². The van der Waals surface area contributed by atoms with Crippen molar-refractivity contribution in [1.29, 1.82) is 0 Å². The summed E-state index contributed by atoms with van der Waals surface area (Å²) >= 11 is 5.79. The number of nitrogens with one attached hydrogen (secondary N) is 1. The molecule has 1 atom stereocenters. The lowest BCUT2D eigenvalue weighted by Crippen LogP contribution is -2.31. The van der Waals surface area contributed by atoms with E-state index in [0.717, 1.165) is 5.56 Å². The van der Waals surface area contributed by atoms with Gasteiger partial charge in [-0.2, -0.15) is 0 Å². The van der Waals surface area contributed by atoms with E-state index >= 15 is 0 Å². The minimum absolute atomic E-state index is 0.237. The highest BCUT2D eigenvalue weighted by Gasteiger charge is 2.06. The molecule has 1 unspecified atom stereocenters. The summed E-state index contributed by atoms with van der Waals surface area (Å²) in [5.41, 5.74) is 2.31. The molecule has 0 radical (unpaired) electrons. The molecule has 112 valence electrons. The first-order valence-electron chi connectivity index (χ1n) is 6.82. The van der Waals surface area contributed by atoms with E-state index in [1.54, 1.807) is 30.5 Å². The zero-order valence-electron chi connectivity index (χ0n) is 11.9. The van der Waals surface area contributed by atoms with Crippen LogP contribution in [0.5, 0.6) is 5.75 Å². The highest BCUT2D eigenvalue weighted by Crippen LogP contribution is 2.15. The molecule has 21 heavy (non-hydrogen) atoms. The van der Waals surface area contributed by atoms with Gasteiger partial charge in [-0.15, -0.1) is 0 Å². The number of rotatable bonds is 7. The molecule has 2 aromatic rings. The van der Waals surface area contributed by atoms with Gasteiger partial charge in [0.05, 0.1) is 0 Å². The molecule has 1 aromatic carbocycles. The number of hydrogen-bond donors (Lipinski definition) is 2. The smallest absolute Gasteiger partial charge is 0.119 e. The molecule has 5 heteroatoms. The molecule has 0 aliphatic rings. The van der Waals surface area contributed by atoms with Crippen molar-refractivity contribution >= 4 is 11.6 Å². The molecule has 0 fully saturated rings.